The van der Waals surface area contributed by atoms with Gasteiger partial charge in [0.05, 0.1) is 0 Å². The molecule has 2 rings (SSSR count). The quantitative estimate of drug-likeness (QED) is 0.809. The van der Waals surface area contributed by atoms with Gasteiger partial charge >= 0.3 is 0 Å². The molecule has 1 atom stereocenters. The van der Waals surface area contributed by atoms with Gasteiger partial charge < -0.3 is 5.32 Å². The van der Waals surface area contributed by atoms with E-state index in [-0.39, 0.29) is 5.82 Å². The number of rotatable bonds is 6. The molecule has 1 saturated carbocycles. The van der Waals surface area contributed by atoms with Gasteiger partial charge in [-0.1, -0.05) is 26.0 Å². The number of hydrogen-bond donors (Lipinski definition) is 1. The van der Waals surface area contributed by atoms with Crippen LogP contribution in [0.2, 0.25) is 0 Å². The molecule has 1 nitrogen and oxygen atoms in total. The van der Waals surface area contributed by atoms with Gasteiger partial charge in [-0.2, -0.15) is 0 Å². The smallest absolute Gasteiger partial charge is 0.123 e. The van der Waals surface area contributed by atoms with Crippen LogP contribution < -0.4 is 5.32 Å². The molecule has 1 aromatic carbocycles. The van der Waals surface area contributed by atoms with Crippen molar-refractivity contribution in [3.8, 4) is 0 Å². The molecule has 1 aliphatic rings. The van der Waals surface area contributed by atoms with Gasteiger partial charge in [-0.3, -0.25) is 0 Å². The van der Waals surface area contributed by atoms with Crippen molar-refractivity contribution in [2.45, 2.75) is 46.1 Å². The van der Waals surface area contributed by atoms with Crippen LogP contribution in [0.5, 0.6) is 0 Å². The van der Waals surface area contributed by atoms with Crippen molar-refractivity contribution in [2.24, 2.45) is 11.3 Å². The Bertz CT molecular complexity index is 379. The zero-order chi connectivity index (χ0) is 13.2. The summed E-state index contributed by atoms with van der Waals surface area (Å²) in [4.78, 5) is 0. The van der Waals surface area contributed by atoms with E-state index in [9.17, 15) is 4.39 Å². The van der Waals surface area contributed by atoms with Crippen LogP contribution in [-0.4, -0.2) is 12.6 Å². The lowest BCUT2D eigenvalue weighted by Crippen LogP contribution is -2.35. The molecule has 18 heavy (non-hydrogen) atoms. The fourth-order valence-electron chi connectivity index (χ4n) is 2.54. The Morgan fingerprint density at radius 1 is 1.17 bits per heavy atom. The molecule has 0 saturated heterocycles. The molecule has 1 unspecified atom stereocenters. The zero-order valence-corrected chi connectivity index (χ0v) is 11.7. The summed E-state index contributed by atoms with van der Waals surface area (Å²) in [6.45, 7) is 7.96. The van der Waals surface area contributed by atoms with E-state index in [1.165, 1.54) is 18.4 Å². The zero-order valence-electron chi connectivity index (χ0n) is 11.7. The first-order chi connectivity index (χ1) is 8.52. The average molecular weight is 249 g/mol. The first-order valence-corrected chi connectivity index (χ1v) is 7.00. The van der Waals surface area contributed by atoms with Gasteiger partial charge in [-0.05, 0) is 55.2 Å². The minimum absolute atomic E-state index is 0.156. The standard InChI is InChI=1S/C16H24FN/c1-12(2)16(8-9-16)11-18-13(3)10-14-4-6-15(17)7-5-14/h4-7,12-13,18H,8-11H2,1-3H3. The largest absolute Gasteiger partial charge is 0.313 e. The van der Waals surface area contributed by atoms with E-state index in [0.717, 1.165) is 18.9 Å². The van der Waals surface area contributed by atoms with Crippen molar-refractivity contribution in [1.29, 1.82) is 0 Å². The number of nitrogens with one attached hydrogen (secondary N) is 1. The SMILES string of the molecule is CC(Cc1ccc(F)cc1)NCC1(C(C)C)CC1. The van der Waals surface area contributed by atoms with Crippen LogP contribution in [0.4, 0.5) is 4.39 Å². The Morgan fingerprint density at radius 2 is 1.78 bits per heavy atom. The van der Waals surface area contributed by atoms with Gasteiger partial charge in [0.25, 0.3) is 0 Å². The minimum atomic E-state index is -0.156. The average Bonchev–Trinajstić information content (AvgIpc) is 3.11. The first-order valence-electron chi connectivity index (χ1n) is 7.00. The lowest BCUT2D eigenvalue weighted by Gasteiger charge is -2.23. The molecule has 100 valence electrons. The molecule has 0 aliphatic heterocycles. The van der Waals surface area contributed by atoms with Gasteiger partial charge in [0, 0.05) is 12.6 Å². The van der Waals surface area contributed by atoms with E-state index in [4.69, 9.17) is 0 Å². The van der Waals surface area contributed by atoms with E-state index in [2.05, 4.69) is 26.1 Å². The second kappa shape index (κ2) is 5.40. The van der Waals surface area contributed by atoms with E-state index < -0.39 is 0 Å². The number of halogens is 1. The predicted octanol–water partition coefficient (Wildman–Crippen LogP) is 3.78. The number of benzene rings is 1. The Labute approximate surface area is 110 Å². The monoisotopic (exact) mass is 249 g/mol. The molecule has 1 aromatic rings. The van der Waals surface area contributed by atoms with Crippen LogP contribution in [-0.2, 0) is 6.42 Å². The molecule has 1 N–H and O–H groups in total. The Morgan fingerprint density at radius 3 is 2.28 bits per heavy atom. The fraction of sp³-hybridized carbons (Fsp3) is 0.625. The second-order valence-electron chi connectivity index (χ2n) is 6.13. The summed E-state index contributed by atoms with van der Waals surface area (Å²) >= 11 is 0. The molecule has 0 radical (unpaired) electrons. The van der Waals surface area contributed by atoms with E-state index in [1.807, 2.05) is 12.1 Å². The van der Waals surface area contributed by atoms with Crippen LogP contribution in [0.25, 0.3) is 0 Å². The van der Waals surface area contributed by atoms with E-state index in [0.29, 0.717) is 11.5 Å². The van der Waals surface area contributed by atoms with Gasteiger partial charge in [0.2, 0.25) is 0 Å². The van der Waals surface area contributed by atoms with Crippen LogP contribution in [0.15, 0.2) is 24.3 Å². The Kier molecular flexibility index (Phi) is 4.06. The van der Waals surface area contributed by atoms with E-state index >= 15 is 0 Å². The molecule has 2 heteroatoms. The maximum Gasteiger partial charge on any atom is 0.123 e. The van der Waals surface area contributed by atoms with Crippen LogP contribution in [0.1, 0.15) is 39.2 Å². The lowest BCUT2D eigenvalue weighted by molar-refractivity contribution is 0.323. The van der Waals surface area contributed by atoms with Crippen LogP contribution in [0, 0.1) is 17.2 Å². The van der Waals surface area contributed by atoms with Crippen molar-refractivity contribution < 1.29 is 4.39 Å². The maximum atomic E-state index is 12.8. The van der Waals surface area contributed by atoms with E-state index in [1.54, 1.807) is 12.1 Å². The molecule has 0 spiro atoms. The molecule has 0 heterocycles. The van der Waals surface area contributed by atoms with Crippen molar-refractivity contribution in [2.75, 3.05) is 6.54 Å². The summed E-state index contributed by atoms with van der Waals surface area (Å²) in [5, 5.41) is 3.64. The van der Waals surface area contributed by atoms with Gasteiger partial charge in [0.1, 0.15) is 5.82 Å². The van der Waals surface area contributed by atoms with Crippen molar-refractivity contribution in [3.05, 3.63) is 35.6 Å². The third kappa shape index (κ3) is 3.32. The fourth-order valence-corrected chi connectivity index (χ4v) is 2.54. The van der Waals surface area contributed by atoms with Crippen LogP contribution in [0.3, 0.4) is 0 Å². The highest BCUT2D eigenvalue weighted by molar-refractivity contribution is 5.17. The summed E-state index contributed by atoms with van der Waals surface area (Å²) in [5.41, 5.74) is 1.75. The summed E-state index contributed by atoms with van der Waals surface area (Å²) < 4.78 is 12.8. The van der Waals surface area contributed by atoms with Gasteiger partial charge in [-0.25, -0.2) is 4.39 Å². The molecular weight excluding hydrogens is 225 g/mol. The summed E-state index contributed by atoms with van der Waals surface area (Å²) in [5.74, 6) is 0.610. The van der Waals surface area contributed by atoms with Crippen molar-refractivity contribution in [3.63, 3.8) is 0 Å². The second-order valence-corrected chi connectivity index (χ2v) is 6.13. The third-order valence-corrected chi connectivity index (χ3v) is 4.37. The summed E-state index contributed by atoms with van der Waals surface area (Å²) in [7, 11) is 0. The molecule has 1 fully saturated rings. The highest BCUT2D eigenvalue weighted by atomic mass is 19.1. The van der Waals surface area contributed by atoms with Crippen molar-refractivity contribution >= 4 is 0 Å². The van der Waals surface area contributed by atoms with Crippen molar-refractivity contribution in [1.82, 2.24) is 5.32 Å². The highest BCUT2D eigenvalue weighted by Gasteiger charge is 2.44. The third-order valence-electron chi connectivity index (χ3n) is 4.37. The molecule has 1 aliphatic carbocycles. The molecule has 0 aromatic heterocycles. The topological polar surface area (TPSA) is 12.0 Å². The van der Waals surface area contributed by atoms with Gasteiger partial charge in [-0.15, -0.1) is 0 Å². The lowest BCUT2D eigenvalue weighted by atomic mass is 9.92. The molecule has 0 bridgehead atoms. The first kappa shape index (κ1) is 13.5. The summed E-state index contributed by atoms with van der Waals surface area (Å²) in [6.07, 6.45) is 3.69. The molecule has 0 amide bonds. The summed E-state index contributed by atoms with van der Waals surface area (Å²) in [6, 6.07) is 7.29. The Balaban J connectivity index is 1.79. The highest BCUT2D eigenvalue weighted by Crippen LogP contribution is 2.51. The molecular formula is C16H24FN. The van der Waals surface area contributed by atoms with Crippen LogP contribution >= 0.6 is 0 Å². The minimum Gasteiger partial charge on any atom is -0.313 e. The predicted molar refractivity (Wildman–Crippen MR) is 74.1 cm³/mol. The van der Waals surface area contributed by atoms with Gasteiger partial charge in [0.15, 0.2) is 0 Å². The Hall–Kier alpha value is -0.890. The maximum absolute atomic E-state index is 12.8. The number of hydrogen-bond acceptors (Lipinski definition) is 1. The normalized spacial score (nSPS) is 18.9.